The number of hydrogen-bond acceptors (Lipinski definition) is 6. The van der Waals surface area contributed by atoms with Crippen molar-refractivity contribution >= 4 is 23.6 Å². The molecule has 4 rings (SSSR count). The van der Waals surface area contributed by atoms with Crippen LogP contribution in [0.5, 0.6) is 0 Å². The van der Waals surface area contributed by atoms with Gasteiger partial charge in [-0.05, 0) is 49.9 Å². The molecule has 0 bridgehead atoms. The van der Waals surface area contributed by atoms with Gasteiger partial charge in [0, 0.05) is 32.7 Å². The molecule has 2 aliphatic rings. The fourth-order valence-electron chi connectivity index (χ4n) is 9.65. The second-order valence-corrected chi connectivity index (χ2v) is 19.3. The summed E-state index contributed by atoms with van der Waals surface area (Å²) in [6.45, 7) is 9.57. The Labute approximate surface area is 389 Å². The number of nitrogens with zero attached hydrogens (tertiary/aromatic N) is 3. The first-order valence-electron chi connectivity index (χ1n) is 26.2. The van der Waals surface area contributed by atoms with E-state index in [2.05, 4.69) is 20.9 Å². The molecule has 9 nitrogen and oxygen atoms in total. The van der Waals surface area contributed by atoms with Crippen molar-refractivity contribution in [3.8, 4) is 0 Å². The van der Waals surface area contributed by atoms with Gasteiger partial charge in [0.1, 0.15) is 12.6 Å². The Morgan fingerprint density at radius 1 is 0.438 bits per heavy atom. The number of ether oxygens (including phenoxy) is 2. The molecule has 2 aromatic rings. The van der Waals surface area contributed by atoms with Crippen LogP contribution in [0.15, 0.2) is 48.5 Å². The third kappa shape index (κ3) is 18.8. The van der Waals surface area contributed by atoms with Crippen molar-refractivity contribution in [2.24, 2.45) is 0 Å². The maximum absolute atomic E-state index is 13.2. The van der Waals surface area contributed by atoms with Crippen LogP contribution in [0.3, 0.4) is 0 Å². The largest absolute Gasteiger partial charge is 0.379 e. The Morgan fingerprint density at radius 2 is 0.781 bits per heavy atom. The monoisotopic (exact) mass is 887 g/mol. The Kier molecular flexibility index (Phi) is 26.2. The molecule has 9 heteroatoms. The number of rotatable bonds is 40. The smallest absolute Gasteiger partial charge is 0.261 e. The zero-order valence-corrected chi connectivity index (χ0v) is 40.7. The SMILES string of the molecule is CCCCCCCCCCCCCCOCC(C[N+](C)(CCCCN1C(=O)c2ccccc2C1=O)CCCN1C(=O)c2ccccc2C1=O)OCCCCCCCCCCCCCC. The summed E-state index contributed by atoms with van der Waals surface area (Å²) in [5.74, 6) is -0.859. The number of carbonyl (C=O) groups is 4. The second-order valence-electron chi connectivity index (χ2n) is 19.3. The highest BCUT2D eigenvalue weighted by atomic mass is 16.5. The number of benzene rings is 2. The van der Waals surface area contributed by atoms with Crippen molar-refractivity contribution in [3.05, 3.63) is 70.8 Å². The van der Waals surface area contributed by atoms with E-state index in [4.69, 9.17) is 9.47 Å². The van der Waals surface area contributed by atoms with Crippen molar-refractivity contribution in [1.29, 1.82) is 0 Å². The predicted octanol–water partition coefficient (Wildman–Crippen LogP) is 13.0. The van der Waals surface area contributed by atoms with Crippen LogP contribution in [0, 0.1) is 0 Å². The second kappa shape index (κ2) is 31.5. The first kappa shape index (κ1) is 53.2. The molecule has 2 aromatic carbocycles. The molecule has 0 aliphatic carbocycles. The van der Waals surface area contributed by atoms with Crippen LogP contribution in [0.4, 0.5) is 0 Å². The van der Waals surface area contributed by atoms with E-state index in [1.807, 2.05) is 0 Å². The van der Waals surface area contributed by atoms with Crippen molar-refractivity contribution in [1.82, 2.24) is 9.80 Å². The van der Waals surface area contributed by atoms with Crippen LogP contribution in [0.25, 0.3) is 0 Å². The molecule has 2 aliphatic heterocycles. The van der Waals surface area contributed by atoms with Gasteiger partial charge in [-0.1, -0.05) is 179 Å². The Hall–Kier alpha value is -3.40. The summed E-state index contributed by atoms with van der Waals surface area (Å²) in [6, 6.07) is 14.2. The van der Waals surface area contributed by atoms with Crippen LogP contribution < -0.4 is 0 Å². The number of carbonyl (C=O) groups excluding carboxylic acids is 4. The zero-order valence-electron chi connectivity index (χ0n) is 40.7. The van der Waals surface area contributed by atoms with Crippen molar-refractivity contribution in [2.45, 2.75) is 193 Å². The number of fused-ring (bicyclic) bond motifs is 2. The maximum atomic E-state index is 13.2. The molecule has 2 unspecified atom stereocenters. The fourth-order valence-corrected chi connectivity index (χ4v) is 9.65. The molecule has 0 spiro atoms. The molecule has 0 fully saturated rings. The first-order valence-corrected chi connectivity index (χ1v) is 26.2. The quantitative estimate of drug-likeness (QED) is 0.0376. The minimum absolute atomic E-state index is 0.0921. The summed E-state index contributed by atoms with van der Waals surface area (Å²) < 4.78 is 13.8. The number of likely N-dealkylation sites (N-methyl/N-ethyl adjacent to an activating group) is 1. The lowest BCUT2D eigenvalue weighted by Crippen LogP contribution is -2.52. The van der Waals surface area contributed by atoms with E-state index in [1.54, 1.807) is 48.5 Å². The zero-order chi connectivity index (χ0) is 45.7. The summed E-state index contributed by atoms with van der Waals surface area (Å²) in [5.41, 5.74) is 1.93. The van der Waals surface area contributed by atoms with Crippen LogP contribution in [-0.2, 0) is 9.47 Å². The maximum Gasteiger partial charge on any atom is 0.261 e. The van der Waals surface area contributed by atoms with E-state index in [0.29, 0.717) is 65.9 Å². The molecule has 0 aromatic heterocycles. The van der Waals surface area contributed by atoms with Gasteiger partial charge in [-0.2, -0.15) is 0 Å². The van der Waals surface area contributed by atoms with Crippen LogP contribution in [0.2, 0.25) is 0 Å². The van der Waals surface area contributed by atoms with Gasteiger partial charge in [0.15, 0.2) is 0 Å². The molecule has 0 radical (unpaired) electrons. The van der Waals surface area contributed by atoms with Gasteiger partial charge in [0.25, 0.3) is 23.6 Å². The summed E-state index contributed by atoms with van der Waals surface area (Å²) in [7, 11) is 2.25. The number of amides is 4. The van der Waals surface area contributed by atoms with Gasteiger partial charge in [0.2, 0.25) is 0 Å². The number of hydrogen-bond donors (Lipinski definition) is 0. The third-order valence-corrected chi connectivity index (χ3v) is 13.6. The Balaban J connectivity index is 1.29. The number of quaternary nitrogens is 1. The lowest BCUT2D eigenvalue weighted by molar-refractivity contribution is -0.913. The minimum Gasteiger partial charge on any atom is -0.379 e. The molecule has 0 saturated carbocycles. The molecule has 2 atom stereocenters. The summed E-state index contributed by atoms with van der Waals surface area (Å²) in [5, 5.41) is 0. The summed E-state index contributed by atoms with van der Waals surface area (Å²) in [4.78, 5) is 55.4. The van der Waals surface area contributed by atoms with Gasteiger partial charge < -0.3 is 14.0 Å². The summed E-state index contributed by atoms with van der Waals surface area (Å²) >= 11 is 0. The topological polar surface area (TPSA) is 93.2 Å². The van der Waals surface area contributed by atoms with E-state index < -0.39 is 0 Å². The first-order chi connectivity index (χ1) is 31.3. The molecular weight excluding hydrogens is 799 g/mol. The van der Waals surface area contributed by atoms with E-state index in [9.17, 15) is 19.2 Å². The lowest BCUT2D eigenvalue weighted by atomic mass is 10.1. The molecule has 0 N–H and O–H groups in total. The highest BCUT2D eigenvalue weighted by Gasteiger charge is 2.37. The number of imide groups is 2. The van der Waals surface area contributed by atoms with Crippen LogP contribution >= 0.6 is 0 Å². The van der Waals surface area contributed by atoms with Gasteiger partial charge in [-0.15, -0.1) is 0 Å². The minimum atomic E-state index is -0.217. The third-order valence-electron chi connectivity index (χ3n) is 13.6. The molecule has 64 heavy (non-hydrogen) atoms. The predicted molar refractivity (Wildman–Crippen MR) is 261 cm³/mol. The highest BCUT2D eigenvalue weighted by molar-refractivity contribution is 6.22. The van der Waals surface area contributed by atoms with Crippen molar-refractivity contribution in [2.75, 3.05) is 59.6 Å². The van der Waals surface area contributed by atoms with Crippen LogP contribution in [0.1, 0.15) is 229 Å². The molecule has 4 amide bonds. The normalized spacial score (nSPS) is 15.0. The van der Waals surface area contributed by atoms with E-state index in [-0.39, 0.29) is 29.7 Å². The van der Waals surface area contributed by atoms with Crippen molar-refractivity contribution in [3.63, 3.8) is 0 Å². The van der Waals surface area contributed by atoms with Gasteiger partial charge in [0.05, 0.1) is 49.0 Å². The molecule has 0 saturated heterocycles. The molecular formula is C55H88N3O6+. The Bertz CT molecular complexity index is 1580. The summed E-state index contributed by atoms with van der Waals surface area (Å²) in [6.07, 6.45) is 33.4. The van der Waals surface area contributed by atoms with Gasteiger partial charge >= 0.3 is 0 Å². The lowest BCUT2D eigenvalue weighted by Gasteiger charge is -2.38. The number of unbranched alkanes of at least 4 members (excludes halogenated alkanes) is 23. The molecule has 2 heterocycles. The van der Waals surface area contributed by atoms with E-state index in [1.165, 1.54) is 151 Å². The average Bonchev–Trinajstić information content (AvgIpc) is 3.69. The highest BCUT2D eigenvalue weighted by Crippen LogP contribution is 2.25. The van der Waals surface area contributed by atoms with Gasteiger partial charge in [-0.25, -0.2) is 0 Å². The molecule has 358 valence electrons. The Morgan fingerprint density at radius 3 is 1.19 bits per heavy atom. The van der Waals surface area contributed by atoms with Gasteiger partial charge in [-0.3, -0.25) is 29.0 Å². The standard InChI is InChI=1S/C55H88N3O6/c1-4-6-8-10-12-14-16-18-20-22-24-32-43-63-46-47(64-44-33-25-23-21-19-17-15-13-11-9-7-5-2)45-58(3,42-34-40-57-54(61)50-37-28-29-38-51(50)55(57)62)41-31-30-39-56-52(59)48-35-26-27-36-49(48)53(56)60/h26-29,35-38,47H,4-25,30-34,39-46H2,1-3H3/q+1. The van der Waals surface area contributed by atoms with E-state index >= 15 is 0 Å². The van der Waals surface area contributed by atoms with Crippen molar-refractivity contribution < 1.29 is 33.1 Å². The fraction of sp³-hybridized carbons (Fsp3) is 0.709. The van der Waals surface area contributed by atoms with Crippen LogP contribution in [-0.4, -0.2) is 104 Å². The average molecular weight is 887 g/mol. The van der Waals surface area contributed by atoms with E-state index in [0.717, 1.165) is 45.5 Å².